The molecule has 0 saturated carbocycles. The molecule has 3 aromatic heterocycles. The number of rotatable bonds is 6. The fraction of sp³-hybridized carbons (Fsp3) is 0.111. The number of fused-ring (bicyclic) bond motifs is 1. The molecule has 0 bridgehead atoms. The van der Waals surface area contributed by atoms with E-state index in [1.165, 1.54) is 0 Å². The number of H-pyrrole nitrogens is 1. The molecule has 0 aliphatic rings. The van der Waals surface area contributed by atoms with Crippen molar-refractivity contribution >= 4 is 34.6 Å². The summed E-state index contributed by atoms with van der Waals surface area (Å²) in [6.45, 7) is 1.87. The number of hydrogen-bond donors (Lipinski definition) is 2. The molecule has 3 heterocycles. The van der Waals surface area contributed by atoms with Crippen LogP contribution in [0.25, 0.3) is 23.1 Å². The molecule has 0 aliphatic heterocycles. The van der Waals surface area contributed by atoms with E-state index in [1.807, 2.05) is 55.5 Å². The molecule has 0 aliphatic carbocycles. The number of carbonyl (C=O) groups is 1. The van der Waals surface area contributed by atoms with Crippen LogP contribution in [0.15, 0.2) is 72.9 Å². The highest BCUT2D eigenvalue weighted by Crippen LogP contribution is 2.22. The first-order valence-corrected chi connectivity index (χ1v) is 11.0. The number of amides is 1. The Balaban J connectivity index is 1.31. The van der Waals surface area contributed by atoms with Crippen molar-refractivity contribution in [3.05, 3.63) is 107 Å². The molecule has 5 rings (SSSR count). The van der Waals surface area contributed by atoms with Gasteiger partial charge in [0.15, 0.2) is 0 Å². The highest BCUT2D eigenvalue weighted by atomic mass is 16.2. The van der Waals surface area contributed by atoms with Gasteiger partial charge in [-0.2, -0.15) is 10.2 Å². The summed E-state index contributed by atoms with van der Waals surface area (Å²) in [4.78, 5) is 16.9. The second-order valence-electron chi connectivity index (χ2n) is 8.20. The van der Waals surface area contributed by atoms with E-state index in [9.17, 15) is 4.79 Å². The predicted molar refractivity (Wildman–Crippen MR) is 134 cm³/mol. The zero-order valence-corrected chi connectivity index (χ0v) is 19.0. The van der Waals surface area contributed by atoms with Crippen LogP contribution in [0.5, 0.6) is 0 Å². The van der Waals surface area contributed by atoms with Crippen molar-refractivity contribution in [1.29, 1.82) is 0 Å². The van der Waals surface area contributed by atoms with Crippen molar-refractivity contribution in [2.75, 3.05) is 5.32 Å². The van der Waals surface area contributed by atoms with Crippen LogP contribution in [-0.2, 0) is 13.5 Å². The molecule has 2 N–H and O–H groups in total. The first-order valence-electron chi connectivity index (χ1n) is 11.0. The summed E-state index contributed by atoms with van der Waals surface area (Å²) < 4.78 is 1.59. The van der Waals surface area contributed by atoms with Crippen molar-refractivity contribution in [3.8, 4) is 0 Å². The smallest absolute Gasteiger partial charge is 0.273 e. The average Bonchev–Trinajstić information content (AvgIpc) is 3.40. The Morgan fingerprint density at radius 2 is 1.91 bits per heavy atom. The highest BCUT2D eigenvalue weighted by molar-refractivity contribution is 6.03. The normalized spacial score (nSPS) is 11.4. The van der Waals surface area contributed by atoms with Crippen molar-refractivity contribution < 1.29 is 4.79 Å². The molecule has 168 valence electrons. The largest absolute Gasteiger partial charge is 0.321 e. The van der Waals surface area contributed by atoms with E-state index in [-0.39, 0.29) is 5.91 Å². The maximum atomic E-state index is 12.6. The van der Waals surface area contributed by atoms with E-state index >= 15 is 0 Å². The van der Waals surface area contributed by atoms with Crippen molar-refractivity contribution in [2.45, 2.75) is 13.3 Å². The second kappa shape index (κ2) is 9.15. The summed E-state index contributed by atoms with van der Waals surface area (Å²) in [6, 6.07) is 21.8. The van der Waals surface area contributed by atoms with Gasteiger partial charge < -0.3 is 5.32 Å². The number of nitrogens with one attached hydrogen (secondary N) is 2. The van der Waals surface area contributed by atoms with Gasteiger partial charge in [-0.15, -0.1) is 0 Å². The third-order valence-corrected chi connectivity index (χ3v) is 5.58. The van der Waals surface area contributed by atoms with Crippen LogP contribution in [-0.4, -0.2) is 30.9 Å². The molecule has 0 spiro atoms. The SMILES string of the molecule is Cc1cc(C(=O)Nc2cccc(Cc3ccc4c(/C=C/c5ccccn5)n[nH]c4c3)c2)n(C)n1. The number of benzene rings is 2. The van der Waals surface area contributed by atoms with E-state index in [4.69, 9.17) is 0 Å². The topological polar surface area (TPSA) is 88.5 Å². The summed E-state index contributed by atoms with van der Waals surface area (Å²) in [5.74, 6) is -0.176. The van der Waals surface area contributed by atoms with E-state index in [2.05, 4.69) is 49.9 Å². The summed E-state index contributed by atoms with van der Waals surface area (Å²) in [5.41, 5.74) is 7.10. The van der Waals surface area contributed by atoms with Crippen molar-refractivity contribution in [3.63, 3.8) is 0 Å². The van der Waals surface area contributed by atoms with Gasteiger partial charge in [0.25, 0.3) is 5.91 Å². The Morgan fingerprint density at radius 1 is 1.03 bits per heavy atom. The molecule has 1 amide bonds. The minimum atomic E-state index is -0.176. The number of hydrogen-bond acceptors (Lipinski definition) is 4. The van der Waals surface area contributed by atoms with Crippen molar-refractivity contribution in [1.82, 2.24) is 25.0 Å². The molecular formula is C27H24N6O. The van der Waals surface area contributed by atoms with Gasteiger partial charge in [0.1, 0.15) is 5.69 Å². The fourth-order valence-electron chi connectivity index (χ4n) is 3.98. The molecule has 0 fully saturated rings. The standard InChI is InChI=1S/C27H24N6O/c1-18-14-26(33(2)32-18)27(34)29-22-8-5-6-19(16-22)15-20-9-11-23-24(30-31-25(23)17-20)12-10-21-7-3-4-13-28-21/h3-14,16-17H,15H2,1-2H3,(H,29,34)(H,30,31)/b12-10+. The Morgan fingerprint density at radius 3 is 2.71 bits per heavy atom. The minimum Gasteiger partial charge on any atom is -0.321 e. The van der Waals surface area contributed by atoms with E-state index in [1.54, 1.807) is 24.0 Å². The molecule has 0 atom stereocenters. The quantitative estimate of drug-likeness (QED) is 0.382. The minimum absolute atomic E-state index is 0.176. The Kier molecular flexibility index (Phi) is 5.74. The molecule has 34 heavy (non-hydrogen) atoms. The lowest BCUT2D eigenvalue weighted by molar-refractivity contribution is 0.101. The Hall–Kier alpha value is -4.52. The van der Waals surface area contributed by atoms with Crippen LogP contribution in [0.4, 0.5) is 5.69 Å². The van der Waals surface area contributed by atoms with Gasteiger partial charge >= 0.3 is 0 Å². The lowest BCUT2D eigenvalue weighted by atomic mass is 10.0. The molecule has 7 heteroatoms. The molecule has 2 aromatic carbocycles. The third kappa shape index (κ3) is 4.63. The van der Waals surface area contributed by atoms with Crippen LogP contribution >= 0.6 is 0 Å². The second-order valence-corrected chi connectivity index (χ2v) is 8.20. The van der Waals surface area contributed by atoms with E-state index < -0.39 is 0 Å². The molecule has 7 nitrogen and oxygen atoms in total. The summed E-state index contributed by atoms with van der Waals surface area (Å²) in [5, 5.41) is 15.8. The number of aryl methyl sites for hydroxylation is 2. The summed E-state index contributed by atoms with van der Waals surface area (Å²) >= 11 is 0. The fourth-order valence-corrected chi connectivity index (χ4v) is 3.98. The lowest BCUT2D eigenvalue weighted by Crippen LogP contribution is -2.16. The number of carbonyl (C=O) groups excluding carboxylic acids is 1. The molecule has 0 unspecified atom stereocenters. The first-order chi connectivity index (χ1) is 16.5. The van der Waals surface area contributed by atoms with Crippen LogP contribution in [0.3, 0.4) is 0 Å². The number of aromatic nitrogens is 5. The molecule has 0 radical (unpaired) electrons. The van der Waals surface area contributed by atoms with Gasteiger partial charge in [-0.1, -0.05) is 30.3 Å². The van der Waals surface area contributed by atoms with Gasteiger partial charge in [-0.3, -0.25) is 19.6 Å². The first kappa shape index (κ1) is 21.3. The van der Waals surface area contributed by atoms with Crippen LogP contribution in [0.1, 0.15) is 38.7 Å². The van der Waals surface area contributed by atoms with Crippen LogP contribution in [0, 0.1) is 6.92 Å². The molecule has 0 saturated heterocycles. The number of nitrogens with zero attached hydrogens (tertiary/aromatic N) is 4. The van der Waals surface area contributed by atoms with E-state index in [0.29, 0.717) is 5.69 Å². The monoisotopic (exact) mass is 448 g/mol. The number of pyridine rings is 1. The zero-order valence-electron chi connectivity index (χ0n) is 19.0. The van der Waals surface area contributed by atoms with Crippen LogP contribution < -0.4 is 5.32 Å². The maximum absolute atomic E-state index is 12.6. The number of anilines is 1. The van der Waals surface area contributed by atoms with Gasteiger partial charge in [-0.25, -0.2) is 0 Å². The van der Waals surface area contributed by atoms with Gasteiger partial charge in [-0.05, 0) is 73.0 Å². The Labute approximate surface area is 197 Å². The van der Waals surface area contributed by atoms with Gasteiger partial charge in [0.05, 0.1) is 22.6 Å². The zero-order chi connectivity index (χ0) is 23.5. The Bertz CT molecular complexity index is 1500. The molecular weight excluding hydrogens is 424 g/mol. The summed E-state index contributed by atoms with van der Waals surface area (Å²) in [7, 11) is 1.77. The average molecular weight is 449 g/mol. The van der Waals surface area contributed by atoms with Gasteiger partial charge in [0, 0.05) is 24.3 Å². The maximum Gasteiger partial charge on any atom is 0.273 e. The highest BCUT2D eigenvalue weighted by Gasteiger charge is 2.12. The number of aromatic amines is 1. The third-order valence-electron chi connectivity index (χ3n) is 5.58. The summed E-state index contributed by atoms with van der Waals surface area (Å²) in [6.07, 6.45) is 6.43. The van der Waals surface area contributed by atoms with E-state index in [0.717, 1.165) is 51.2 Å². The van der Waals surface area contributed by atoms with Crippen molar-refractivity contribution in [2.24, 2.45) is 7.05 Å². The lowest BCUT2D eigenvalue weighted by Gasteiger charge is -2.08. The van der Waals surface area contributed by atoms with Crippen LogP contribution in [0.2, 0.25) is 0 Å². The molecule has 5 aromatic rings. The van der Waals surface area contributed by atoms with Gasteiger partial charge in [0.2, 0.25) is 0 Å². The predicted octanol–water partition coefficient (Wildman–Crippen LogP) is 5.01.